The Morgan fingerprint density at radius 2 is 1.67 bits per heavy atom. The van der Waals surface area contributed by atoms with Gasteiger partial charge in [0, 0.05) is 50.6 Å². The minimum absolute atomic E-state index is 0.0407. The van der Waals surface area contributed by atoms with Crippen LogP contribution in [0.25, 0.3) is 0 Å². The molecule has 1 heterocycles. The normalized spacial score (nSPS) is 25.1. The first-order valence-electron chi connectivity index (χ1n) is 20.9. The first-order valence-corrected chi connectivity index (χ1v) is 20.9. The molecule has 308 valence electrons. The summed E-state index contributed by atoms with van der Waals surface area (Å²) in [7, 11) is 1.85. The van der Waals surface area contributed by atoms with Gasteiger partial charge in [0.2, 0.25) is 11.7 Å². The molecule has 3 aliphatic carbocycles. The van der Waals surface area contributed by atoms with Gasteiger partial charge in [0.15, 0.2) is 0 Å². The van der Waals surface area contributed by atoms with Crippen LogP contribution in [0.5, 0.6) is 11.5 Å². The SMILES string of the molecule is C=CCOC12Oc3ccc(OC(=O)NCc4ccccc4)cc3C3C(CCCCO)C(CCCCO)C=C(C(=NOCc4ccccc4)CC1N(C)C(=O)C1CC1)C32. The number of nitrogens with one attached hydrogen (secondary N) is 1. The first-order chi connectivity index (χ1) is 28.4. The molecule has 3 aromatic rings. The minimum atomic E-state index is -1.32. The predicted molar refractivity (Wildman–Crippen MR) is 221 cm³/mol. The molecule has 0 bridgehead atoms. The molecular weight excluding hydrogens is 735 g/mol. The van der Waals surface area contributed by atoms with E-state index in [1.54, 1.807) is 12.1 Å². The summed E-state index contributed by atoms with van der Waals surface area (Å²) in [5.74, 6) is -0.883. The van der Waals surface area contributed by atoms with Gasteiger partial charge in [-0.05, 0) is 85.3 Å². The van der Waals surface area contributed by atoms with E-state index in [1.165, 1.54) is 0 Å². The lowest BCUT2D eigenvalue weighted by molar-refractivity contribution is -0.255. The maximum absolute atomic E-state index is 14.0. The van der Waals surface area contributed by atoms with Gasteiger partial charge in [0.05, 0.1) is 18.2 Å². The Bertz CT molecular complexity index is 1930. The van der Waals surface area contributed by atoms with Gasteiger partial charge in [-0.25, -0.2) is 4.79 Å². The molecule has 6 atom stereocenters. The summed E-state index contributed by atoms with van der Waals surface area (Å²) in [5.41, 5.74) is 4.51. The fraction of sp³-hybridized carbons (Fsp3) is 0.468. The van der Waals surface area contributed by atoms with Crippen molar-refractivity contribution in [2.24, 2.45) is 28.8 Å². The van der Waals surface area contributed by atoms with Crippen LogP contribution in [0.3, 0.4) is 0 Å². The van der Waals surface area contributed by atoms with Crippen molar-refractivity contribution in [3.05, 3.63) is 120 Å². The van der Waals surface area contributed by atoms with Crippen LogP contribution in [-0.2, 0) is 27.5 Å². The average Bonchev–Trinajstić information content (AvgIpc) is 4.10. The molecule has 6 unspecified atom stereocenters. The monoisotopic (exact) mass is 791 g/mol. The molecule has 1 aliphatic heterocycles. The summed E-state index contributed by atoms with van der Waals surface area (Å²) in [6.45, 7) is 4.98. The number of fused-ring (bicyclic) bond motifs is 2. The Morgan fingerprint density at radius 1 is 0.966 bits per heavy atom. The molecule has 58 heavy (non-hydrogen) atoms. The molecule has 0 radical (unpaired) electrons. The van der Waals surface area contributed by atoms with Crippen molar-refractivity contribution in [3.63, 3.8) is 0 Å². The Morgan fingerprint density at radius 3 is 2.36 bits per heavy atom. The highest BCUT2D eigenvalue weighted by molar-refractivity contribution is 6.03. The number of likely N-dealkylation sites (N-methyl/N-ethyl adjacent to an activating group) is 1. The fourth-order valence-corrected chi connectivity index (χ4v) is 9.24. The standard InChI is InChI=1S/C47H57N3O8/c1-3-26-55-47-42(50(2)45(53)34-20-21-34)29-40(49-56-31-33-16-8-5-9-17-33)38-27-35(18-10-12-24-51)37(19-11-13-25-52)43(44(38)47)39-28-36(22-23-41(39)58-47)57-46(54)48-30-32-14-6-4-7-15-32/h3-9,14-17,22-23,27-28,34-35,37,42-44,51-52H,1,10-13,18-21,24-26,29-31H2,2H3,(H,48,54). The molecule has 7 rings (SSSR count). The Labute approximate surface area is 341 Å². The van der Waals surface area contributed by atoms with Crippen LogP contribution in [0.2, 0.25) is 0 Å². The molecule has 3 aromatic carbocycles. The van der Waals surface area contributed by atoms with Gasteiger partial charge in [-0.1, -0.05) is 90.8 Å². The second kappa shape index (κ2) is 19.2. The molecule has 2 fully saturated rings. The van der Waals surface area contributed by atoms with Crippen molar-refractivity contribution < 1.29 is 38.9 Å². The highest BCUT2D eigenvalue weighted by Gasteiger charge is 2.65. The number of allylic oxidation sites excluding steroid dienone is 1. The van der Waals surface area contributed by atoms with E-state index in [0.29, 0.717) is 37.3 Å². The lowest BCUT2D eigenvalue weighted by atomic mass is 9.55. The molecule has 11 heteroatoms. The van der Waals surface area contributed by atoms with Gasteiger partial charge < -0.3 is 39.5 Å². The molecular formula is C47H57N3O8. The largest absolute Gasteiger partial charge is 0.459 e. The zero-order valence-corrected chi connectivity index (χ0v) is 33.5. The third-order valence-corrected chi connectivity index (χ3v) is 12.1. The van der Waals surface area contributed by atoms with Crippen LogP contribution >= 0.6 is 0 Å². The van der Waals surface area contributed by atoms with Gasteiger partial charge in [-0.3, -0.25) is 4.79 Å². The van der Waals surface area contributed by atoms with Crippen molar-refractivity contribution >= 4 is 17.7 Å². The number of carbonyl (C=O) groups excluding carboxylic acids is 2. The van der Waals surface area contributed by atoms with Crippen LogP contribution in [0, 0.1) is 23.7 Å². The second-order valence-corrected chi connectivity index (χ2v) is 16.0. The summed E-state index contributed by atoms with van der Waals surface area (Å²) in [6.07, 6.45) is 10.1. The van der Waals surface area contributed by atoms with Crippen molar-refractivity contribution in [2.45, 2.75) is 88.7 Å². The molecule has 2 amide bonds. The number of carbonyl (C=O) groups is 2. The number of aliphatic hydroxyl groups excluding tert-OH is 2. The zero-order chi connectivity index (χ0) is 40.5. The number of unbranched alkanes of at least 4 members (excludes halogenated alkanes) is 2. The number of hydrogen-bond donors (Lipinski definition) is 3. The molecule has 0 spiro atoms. The van der Waals surface area contributed by atoms with Crippen LogP contribution < -0.4 is 14.8 Å². The van der Waals surface area contributed by atoms with E-state index in [9.17, 15) is 19.8 Å². The van der Waals surface area contributed by atoms with Crippen molar-refractivity contribution in [2.75, 3.05) is 26.9 Å². The Kier molecular flexibility index (Phi) is 13.6. The Hall–Kier alpha value is -4.97. The maximum atomic E-state index is 14.0. The van der Waals surface area contributed by atoms with Crippen molar-refractivity contribution in [3.8, 4) is 11.5 Å². The van der Waals surface area contributed by atoms with Crippen LogP contribution in [0.1, 0.15) is 80.4 Å². The van der Waals surface area contributed by atoms with Gasteiger partial charge >= 0.3 is 6.09 Å². The van der Waals surface area contributed by atoms with E-state index in [2.05, 4.69) is 18.0 Å². The summed E-state index contributed by atoms with van der Waals surface area (Å²) in [5, 5.41) is 27.5. The van der Waals surface area contributed by atoms with Gasteiger partial charge in [-0.2, -0.15) is 0 Å². The predicted octanol–water partition coefficient (Wildman–Crippen LogP) is 7.68. The number of rotatable bonds is 19. The zero-order valence-electron chi connectivity index (χ0n) is 33.5. The van der Waals surface area contributed by atoms with Crippen molar-refractivity contribution in [1.29, 1.82) is 0 Å². The van der Waals surface area contributed by atoms with Crippen molar-refractivity contribution in [1.82, 2.24) is 10.2 Å². The van der Waals surface area contributed by atoms with E-state index in [0.717, 1.165) is 66.5 Å². The second-order valence-electron chi connectivity index (χ2n) is 16.0. The van der Waals surface area contributed by atoms with Gasteiger partial charge in [0.25, 0.3) is 0 Å². The number of benzene rings is 3. The molecule has 0 saturated heterocycles. The van der Waals surface area contributed by atoms with E-state index in [1.807, 2.05) is 84.7 Å². The minimum Gasteiger partial charge on any atom is -0.459 e. The van der Waals surface area contributed by atoms with E-state index < -0.39 is 23.8 Å². The number of amides is 2. The molecule has 0 aromatic heterocycles. The lowest BCUT2D eigenvalue weighted by Gasteiger charge is -2.59. The summed E-state index contributed by atoms with van der Waals surface area (Å²) < 4.78 is 20.1. The quantitative estimate of drug-likeness (QED) is 0.0639. The molecule has 4 aliphatic rings. The number of aliphatic hydroxyl groups is 2. The summed E-state index contributed by atoms with van der Waals surface area (Å²) >= 11 is 0. The number of oxime groups is 1. The number of nitrogens with zero attached hydrogens (tertiary/aromatic N) is 2. The highest BCUT2D eigenvalue weighted by Crippen LogP contribution is 2.62. The fourth-order valence-electron chi connectivity index (χ4n) is 9.24. The Balaban J connectivity index is 1.35. The number of ether oxygens (including phenoxy) is 3. The van der Waals surface area contributed by atoms with Crippen LogP contribution in [-0.4, -0.2) is 71.5 Å². The van der Waals surface area contributed by atoms with Gasteiger partial charge in [-0.15, -0.1) is 6.58 Å². The highest BCUT2D eigenvalue weighted by atomic mass is 16.7. The third-order valence-electron chi connectivity index (χ3n) is 12.1. The molecule has 11 nitrogen and oxygen atoms in total. The molecule has 3 N–H and O–H groups in total. The van der Waals surface area contributed by atoms with Gasteiger partial charge in [0.1, 0.15) is 24.1 Å². The first kappa shape index (κ1) is 41.2. The van der Waals surface area contributed by atoms with E-state index in [-0.39, 0.29) is 56.0 Å². The lowest BCUT2D eigenvalue weighted by Crippen LogP contribution is -2.69. The topological polar surface area (TPSA) is 139 Å². The maximum Gasteiger partial charge on any atom is 0.412 e. The molecule has 2 saturated carbocycles. The van der Waals surface area contributed by atoms with Crippen LogP contribution in [0.4, 0.5) is 4.79 Å². The number of hydrogen-bond acceptors (Lipinski definition) is 9. The third kappa shape index (κ3) is 9.17. The van der Waals surface area contributed by atoms with E-state index >= 15 is 0 Å². The van der Waals surface area contributed by atoms with E-state index in [4.69, 9.17) is 24.2 Å². The smallest absolute Gasteiger partial charge is 0.412 e. The average molecular weight is 792 g/mol. The summed E-state index contributed by atoms with van der Waals surface area (Å²) in [6, 6.07) is 24.5. The summed E-state index contributed by atoms with van der Waals surface area (Å²) in [4.78, 5) is 35.2. The van der Waals surface area contributed by atoms with Crippen LogP contribution in [0.15, 0.2) is 108 Å².